The van der Waals surface area contributed by atoms with Gasteiger partial charge in [0.05, 0.1) is 6.20 Å². The molecule has 3 heterocycles. The summed E-state index contributed by atoms with van der Waals surface area (Å²) < 4.78 is 11.3. The quantitative estimate of drug-likeness (QED) is 0.392. The van der Waals surface area contributed by atoms with Crippen molar-refractivity contribution in [2.24, 2.45) is 0 Å². The fourth-order valence-electron chi connectivity index (χ4n) is 4.98. The highest BCUT2D eigenvalue weighted by molar-refractivity contribution is 6.01. The summed E-state index contributed by atoms with van der Waals surface area (Å²) >= 11 is 0. The van der Waals surface area contributed by atoms with E-state index in [0.29, 0.717) is 67.9 Å². The molecule has 1 N–H and O–H groups in total. The summed E-state index contributed by atoms with van der Waals surface area (Å²) in [7, 11) is 0. The van der Waals surface area contributed by atoms with E-state index < -0.39 is 17.6 Å². The summed E-state index contributed by atoms with van der Waals surface area (Å²) in [6.07, 6.45) is 4.36. The van der Waals surface area contributed by atoms with Crippen LogP contribution in [0.1, 0.15) is 65.9 Å². The molecule has 11 heteroatoms. The molecule has 2 fully saturated rings. The summed E-state index contributed by atoms with van der Waals surface area (Å²) in [5, 5.41) is 3.28. The minimum atomic E-state index is -0.841. The zero-order valence-electron chi connectivity index (χ0n) is 25.3. The molecular formula is C31H42N6O5. The topological polar surface area (TPSA) is 117 Å². The number of allylic oxidation sites excluding steroid dienone is 1. The van der Waals surface area contributed by atoms with E-state index in [1.54, 1.807) is 23.2 Å². The molecule has 2 aliphatic heterocycles. The Balaban J connectivity index is 1.63. The number of esters is 1. The third-order valence-corrected chi connectivity index (χ3v) is 7.17. The molecule has 2 amide bonds. The molecule has 0 aliphatic carbocycles. The molecule has 0 spiro atoms. The Hall–Kier alpha value is -4.15. The number of amides is 2. The Bertz CT molecular complexity index is 1280. The van der Waals surface area contributed by atoms with Crippen molar-refractivity contribution in [3.63, 3.8) is 0 Å². The molecule has 42 heavy (non-hydrogen) atoms. The number of likely N-dealkylation sites (tertiary alicyclic amines) is 1. The van der Waals surface area contributed by atoms with Crippen molar-refractivity contribution in [2.75, 3.05) is 41.3 Å². The third kappa shape index (κ3) is 7.57. The number of carbonyl (C=O) groups is 3. The number of benzene rings is 1. The average molecular weight is 579 g/mol. The number of nitrogens with one attached hydrogen (secondary N) is 1. The lowest BCUT2D eigenvalue weighted by molar-refractivity contribution is -0.155. The molecule has 2 aromatic rings. The number of hydrogen-bond donors (Lipinski definition) is 1. The second kappa shape index (κ2) is 13.2. The van der Waals surface area contributed by atoms with Gasteiger partial charge in [0.25, 0.3) is 0 Å². The summed E-state index contributed by atoms with van der Waals surface area (Å²) in [5.41, 5.74) is 1.19. The highest BCUT2D eigenvalue weighted by Gasteiger charge is 2.32. The van der Waals surface area contributed by atoms with Crippen LogP contribution in [0.25, 0.3) is 0 Å². The van der Waals surface area contributed by atoms with Crippen LogP contribution in [0.5, 0.6) is 5.75 Å². The van der Waals surface area contributed by atoms with Gasteiger partial charge in [0.1, 0.15) is 23.1 Å². The van der Waals surface area contributed by atoms with Gasteiger partial charge in [-0.05, 0) is 71.6 Å². The van der Waals surface area contributed by atoms with Gasteiger partial charge in [-0.1, -0.05) is 18.7 Å². The van der Waals surface area contributed by atoms with Crippen LogP contribution in [0.2, 0.25) is 0 Å². The molecule has 1 atom stereocenters. The van der Waals surface area contributed by atoms with Crippen LogP contribution in [-0.2, 0) is 20.7 Å². The van der Waals surface area contributed by atoms with Crippen LogP contribution in [0, 0.1) is 0 Å². The van der Waals surface area contributed by atoms with Crippen molar-refractivity contribution in [2.45, 2.75) is 78.4 Å². The van der Waals surface area contributed by atoms with Gasteiger partial charge in [-0.2, -0.15) is 4.98 Å². The summed E-state index contributed by atoms with van der Waals surface area (Å²) in [6, 6.07) is 6.24. The Morgan fingerprint density at radius 3 is 2.33 bits per heavy atom. The molecule has 0 bridgehead atoms. The number of aromatic nitrogens is 2. The van der Waals surface area contributed by atoms with Crippen LogP contribution in [0.4, 0.5) is 22.2 Å². The first-order valence-electron chi connectivity index (χ1n) is 14.7. The molecular weight excluding hydrogens is 536 g/mol. The van der Waals surface area contributed by atoms with Gasteiger partial charge in [-0.3, -0.25) is 9.69 Å². The molecule has 11 nitrogen and oxygen atoms in total. The third-order valence-electron chi connectivity index (χ3n) is 7.17. The fourth-order valence-corrected chi connectivity index (χ4v) is 4.98. The second-order valence-electron chi connectivity index (χ2n) is 11.5. The van der Waals surface area contributed by atoms with Gasteiger partial charge in [0.2, 0.25) is 11.9 Å². The molecule has 0 unspecified atom stereocenters. The van der Waals surface area contributed by atoms with Crippen LogP contribution >= 0.6 is 0 Å². The maximum atomic E-state index is 13.5. The van der Waals surface area contributed by atoms with E-state index in [4.69, 9.17) is 14.5 Å². The molecule has 2 saturated heterocycles. The van der Waals surface area contributed by atoms with Crippen LogP contribution in [0.3, 0.4) is 0 Å². The first kappa shape index (κ1) is 30.8. The Morgan fingerprint density at radius 1 is 1.10 bits per heavy atom. The van der Waals surface area contributed by atoms with Crippen LogP contribution in [-0.4, -0.2) is 70.7 Å². The minimum absolute atomic E-state index is 0.102. The zero-order chi connectivity index (χ0) is 30.4. The summed E-state index contributed by atoms with van der Waals surface area (Å²) in [4.78, 5) is 53.2. The molecule has 1 aromatic carbocycles. The van der Waals surface area contributed by atoms with E-state index in [2.05, 4.69) is 16.9 Å². The molecule has 0 saturated carbocycles. The lowest BCUT2D eigenvalue weighted by Crippen LogP contribution is -2.39. The lowest BCUT2D eigenvalue weighted by Gasteiger charge is -2.28. The van der Waals surface area contributed by atoms with Crippen molar-refractivity contribution < 1.29 is 23.9 Å². The largest absolute Gasteiger partial charge is 0.458 e. The lowest BCUT2D eigenvalue weighted by atomic mass is 10.0. The van der Waals surface area contributed by atoms with Gasteiger partial charge >= 0.3 is 12.1 Å². The van der Waals surface area contributed by atoms with Gasteiger partial charge in [0, 0.05) is 44.7 Å². The molecule has 1 aromatic heterocycles. The zero-order valence-corrected chi connectivity index (χ0v) is 25.3. The van der Waals surface area contributed by atoms with Gasteiger partial charge in [-0.15, -0.1) is 0 Å². The number of ether oxygens (including phenoxy) is 2. The Labute approximate surface area is 247 Å². The Kier molecular flexibility index (Phi) is 9.70. The highest BCUT2D eigenvalue weighted by Crippen LogP contribution is 2.34. The predicted octanol–water partition coefficient (Wildman–Crippen LogP) is 4.92. The van der Waals surface area contributed by atoms with Crippen molar-refractivity contribution in [3.05, 3.63) is 48.3 Å². The minimum Gasteiger partial charge on any atom is -0.458 e. The van der Waals surface area contributed by atoms with Crippen LogP contribution in [0.15, 0.2) is 42.7 Å². The average Bonchev–Trinajstić information content (AvgIpc) is 3.59. The van der Waals surface area contributed by atoms with Crippen molar-refractivity contribution >= 4 is 35.4 Å². The van der Waals surface area contributed by atoms with E-state index in [1.807, 2.05) is 51.7 Å². The second-order valence-corrected chi connectivity index (χ2v) is 11.5. The van der Waals surface area contributed by atoms with Crippen molar-refractivity contribution in [1.82, 2.24) is 14.9 Å². The van der Waals surface area contributed by atoms with E-state index in [1.165, 1.54) is 4.90 Å². The molecule has 226 valence electrons. The Morgan fingerprint density at radius 2 is 1.76 bits per heavy atom. The predicted molar refractivity (Wildman–Crippen MR) is 162 cm³/mol. The van der Waals surface area contributed by atoms with E-state index in [0.717, 1.165) is 18.4 Å². The summed E-state index contributed by atoms with van der Waals surface area (Å²) in [5.74, 6) is 0.694. The summed E-state index contributed by atoms with van der Waals surface area (Å²) in [6.45, 7) is 16.3. The maximum absolute atomic E-state index is 13.5. The number of anilines is 3. The first-order valence-corrected chi connectivity index (χ1v) is 14.7. The maximum Gasteiger partial charge on any atom is 0.415 e. The number of nitrogens with zero attached hydrogens (tertiary/aromatic N) is 5. The highest BCUT2D eigenvalue weighted by atomic mass is 16.6. The normalized spacial score (nSPS) is 16.0. The van der Waals surface area contributed by atoms with E-state index >= 15 is 0 Å². The molecule has 4 rings (SSSR count). The fraction of sp³-hybridized carbons (Fsp3) is 0.516. The van der Waals surface area contributed by atoms with E-state index in [9.17, 15) is 14.4 Å². The number of rotatable bonds is 10. The van der Waals surface area contributed by atoms with Crippen molar-refractivity contribution in [1.29, 1.82) is 0 Å². The smallest absolute Gasteiger partial charge is 0.415 e. The van der Waals surface area contributed by atoms with Gasteiger partial charge in [-0.25, -0.2) is 14.6 Å². The first-order chi connectivity index (χ1) is 20.0. The molecule has 2 aliphatic rings. The van der Waals surface area contributed by atoms with E-state index in [-0.39, 0.29) is 18.4 Å². The number of hydrogen-bond acceptors (Lipinski definition) is 9. The van der Waals surface area contributed by atoms with Gasteiger partial charge < -0.3 is 24.6 Å². The van der Waals surface area contributed by atoms with Gasteiger partial charge in [0.15, 0.2) is 5.82 Å². The number of carbonyl (C=O) groups excluding carboxylic acids is 3. The monoisotopic (exact) mass is 578 g/mol. The van der Waals surface area contributed by atoms with Crippen LogP contribution < -0.4 is 19.9 Å². The SMILES string of the molecule is C=C1CCC(=O)N1c1cnc(N(CC)CC)nc1N[C@@H](Cc1ccc(OC(=O)N2CCCC2)cc1)C(=O)OC(C)(C)C. The van der Waals surface area contributed by atoms with Crippen molar-refractivity contribution in [3.8, 4) is 5.75 Å². The molecule has 0 radical (unpaired) electrons. The standard InChI is InChI=1S/C31H42N6O5/c1-7-35(8-2)29-32-20-25(37-21(3)11-16-26(37)38)27(34-29)33-24(28(39)42-31(4,5)6)19-22-12-14-23(15-13-22)41-30(40)36-17-9-10-18-36/h12-15,20,24H,3,7-11,16-19H2,1-2,4-6H3,(H,32,33,34)/t24-/m0/s1.